The van der Waals surface area contributed by atoms with E-state index in [0.29, 0.717) is 0 Å². The first-order valence-corrected chi connectivity index (χ1v) is 17.7. The molecule has 10 rings (SSSR count). The molecule has 0 radical (unpaired) electrons. The van der Waals surface area contributed by atoms with Crippen LogP contribution in [0.5, 0.6) is 0 Å². The van der Waals surface area contributed by atoms with Crippen molar-refractivity contribution in [3.05, 3.63) is 182 Å². The molecule has 0 atom stereocenters. The molecule has 1 aromatic heterocycles. The van der Waals surface area contributed by atoms with Crippen LogP contribution in [0.25, 0.3) is 97.0 Å². The first kappa shape index (κ1) is 28.0. The van der Waals surface area contributed by atoms with E-state index in [1.165, 1.54) is 97.0 Å². The van der Waals surface area contributed by atoms with Crippen molar-refractivity contribution in [2.24, 2.45) is 0 Å². The van der Waals surface area contributed by atoms with Gasteiger partial charge in [-0.3, -0.25) is 0 Å². The van der Waals surface area contributed by atoms with Crippen LogP contribution in [-0.2, 0) is 0 Å². The minimum atomic E-state index is 1.22. The van der Waals surface area contributed by atoms with E-state index in [4.69, 9.17) is 0 Å². The lowest BCUT2D eigenvalue weighted by molar-refractivity contribution is 1.59. The van der Waals surface area contributed by atoms with Gasteiger partial charge in [-0.1, -0.05) is 164 Å². The first-order chi connectivity index (χ1) is 24.3. The molecule has 0 amide bonds. The smallest absolute Gasteiger partial charge is 0.0361 e. The molecule has 49 heavy (non-hydrogen) atoms. The Morgan fingerprint density at radius 2 is 0.735 bits per heavy atom. The topological polar surface area (TPSA) is 0 Å². The quantitative estimate of drug-likeness (QED) is 0.168. The van der Waals surface area contributed by atoms with Gasteiger partial charge in [0.2, 0.25) is 0 Å². The molecule has 0 aliphatic heterocycles. The Hall–Kier alpha value is -6.02. The Kier molecular flexibility index (Phi) is 6.47. The number of hydrogen-bond acceptors (Lipinski definition) is 1. The number of hydrogen-bond donors (Lipinski definition) is 0. The third-order valence-corrected chi connectivity index (χ3v) is 11.2. The number of rotatable bonds is 4. The second-order valence-electron chi connectivity index (χ2n) is 12.8. The Labute approximate surface area is 289 Å². The van der Waals surface area contributed by atoms with Crippen LogP contribution in [0.1, 0.15) is 0 Å². The molecule has 0 N–H and O–H groups in total. The van der Waals surface area contributed by atoms with Gasteiger partial charge < -0.3 is 0 Å². The van der Waals surface area contributed by atoms with Gasteiger partial charge in [0.25, 0.3) is 0 Å². The van der Waals surface area contributed by atoms with Gasteiger partial charge in [-0.25, -0.2) is 0 Å². The third-order valence-electron chi connectivity index (χ3n) is 10.1. The van der Waals surface area contributed by atoms with Crippen molar-refractivity contribution in [1.29, 1.82) is 0 Å². The van der Waals surface area contributed by atoms with Crippen molar-refractivity contribution in [2.75, 3.05) is 0 Å². The molecule has 0 saturated heterocycles. The molecule has 0 aliphatic carbocycles. The zero-order valence-corrected chi connectivity index (χ0v) is 27.5. The minimum Gasteiger partial charge on any atom is -0.135 e. The zero-order valence-electron chi connectivity index (χ0n) is 26.7. The largest absolute Gasteiger partial charge is 0.135 e. The van der Waals surface area contributed by atoms with Gasteiger partial charge in [-0.15, -0.1) is 11.3 Å². The van der Waals surface area contributed by atoms with E-state index in [0.717, 1.165) is 0 Å². The van der Waals surface area contributed by atoms with Crippen molar-refractivity contribution in [2.45, 2.75) is 0 Å². The van der Waals surface area contributed by atoms with Crippen molar-refractivity contribution in [3.63, 3.8) is 0 Å². The highest BCUT2D eigenvalue weighted by Gasteiger charge is 2.18. The second-order valence-corrected chi connectivity index (χ2v) is 13.9. The summed E-state index contributed by atoms with van der Waals surface area (Å²) < 4.78 is 2.67. The van der Waals surface area contributed by atoms with E-state index in [2.05, 4.69) is 182 Å². The fourth-order valence-electron chi connectivity index (χ4n) is 7.79. The van der Waals surface area contributed by atoms with E-state index in [1.807, 2.05) is 11.3 Å². The molecular weight excluding hydrogens is 609 g/mol. The summed E-state index contributed by atoms with van der Waals surface area (Å²) in [6, 6.07) is 67.0. The summed E-state index contributed by atoms with van der Waals surface area (Å²) in [6.45, 7) is 0. The van der Waals surface area contributed by atoms with Crippen LogP contribution >= 0.6 is 11.3 Å². The lowest BCUT2D eigenvalue weighted by atomic mass is 9.85. The van der Waals surface area contributed by atoms with Gasteiger partial charge in [0.1, 0.15) is 0 Å². The maximum absolute atomic E-state index is 2.40. The van der Waals surface area contributed by atoms with E-state index in [1.54, 1.807) is 0 Å². The number of thiophene rings is 1. The standard InChI is InChI=1S/C48H30S/c1-2-12-34-29-35(26-21-31(34)11-1)38-14-4-3-13-37(38)32-22-24-33(25-23-32)47-41-16-5-7-18-43(41)48(44-19-8-6-17-42(44)47)36-27-28-40-39-15-9-10-20-45(39)49-46(40)30-36/h1-30H. The number of benzene rings is 9. The van der Waals surface area contributed by atoms with Crippen LogP contribution in [0, 0.1) is 0 Å². The zero-order chi connectivity index (χ0) is 32.3. The number of fused-ring (bicyclic) bond motifs is 6. The minimum absolute atomic E-state index is 1.22. The highest BCUT2D eigenvalue weighted by atomic mass is 32.1. The van der Waals surface area contributed by atoms with Crippen molar-refractivity contribution in [3.8, 4) is 44.5 Å². The monoisotopic (exact) mass is 638 g/mol. The highest BCUT2D eigenvalue weighted by Crippen LogP contribution is 2.46. The predicted molar refractivity (Wildman–Crippen MR) is 214 cm³/mol. The molecule has 0 spiro atoms. The molecule has 0 fully saturated rings. The average molecular weight is 639 g/mol. The van der Waals surface area contributed by atoms with E-state index < -0.39 is 0 Å². The summed E-state index contributed by atoms with van der Waals surface area (Å²) in [5.74, 6) is 0. The van der Waals surface area contributed by atoms with Gasteiger partial charge >= 0.3 is 0 Å². The van der Waals surface area contributed by atoms with Gasteiger partial charge in [-0.05, 0) is 95.0 Å². The van der Waals surface area contributed by atoms with Crippen LogP contribution in [0.3, 0.4) is 0 Å². The molecule has 10 aromatic rings. The summed E-state index contributed by atoms with van der Waals surface area (Å²) in [6.07, 6.45) is 0. The Bertz CT molecular complexity index is 2810. The molecule has 0 saturated carbocycles. The summed E-state index contributed by atoms with van der Waals surface area (Å²) in [4.78, 5) is 0. The van der Waals surface area contributed by atoms with Crippen LogP contribution in [0.15, 0.2) is 182 Å². The first-order valence-electron chi connectivity index (χ1n) is 16.8. The molecule has 228 valence electrons. The van der Waals surface area contributed by atoms with Crippen LogP contribution < -0.4 is 0 Å². The summed E-state index contributed by atoms with van der Waals surface area (Å²) in [7, 11) is 0. The molecule has 0 aliphatic rings. The molecule has 0 unspecified atom stereocenters. The van der Waals surface area contributed by atoms with Gasteiger partial charge in [-0.2, -0.15) is 0 Å². The van der Waals surface area contributed by atoms with Gasteiger partial charge in [0.05, 0.1) is 0 Å². The average Bonchev–Trinajstić information content (AvgIpc) is 3.55. The molecular formula is C48H30S. The van der Waals surface area contributed by atoms with E-state index >= 15 is 0 Å². The summed E-state index contributed by atoms with van der Waals surface area (Å²) >= 11 is 1.88. The summed E-state index contributed by atoms with van der Waals surface area (Å²) in [5.41, 5.74) is 10.0. The molecule has 0 nitrogen and oxygen atoms in total. The van der Waals surface area contributed by atoms with Crippen molar-refractivity contribution >= 4 is 63.8 Å². The predicted octanol–water partition coefficient (Wildman–Crippen LogP) is 14.2. The molecule has 9 aromatic carbocycles. The Balaban J connectivity index is 1.13. The highest BCUT2D eigenvalue weighted by molar-refractivity contribution is 7.25. The van der Waals surface area contributed by atoms with E-state index in [9.17, 15) is 0 Å². The summed E-state index contributed by atoms with van der Waals surface area (Å²) in [5, 5.41) is 10.3. The lowest BCUT2D eigenvalue weighted by Gasteiger charge is -2.18. The van der Waals surface area contributed by atoms with Crippen LogP contribution in [0.4, 0.5) is 0 Å². The maximum Gasteiger partial charge on any atom is 0.0361 e. The molecule has 1 heterocycles. The van der Waals surface area contributed by atoms with Crippen LogP contribution in [-0.4, -0.2) is 0 Å². The fourth-order valence-corrected chi connectivity index (χ4v) is 8.94. The fraction of sp³-hybridized carbons (Fsp3) is 0. The second kappa shape index (κ2) is 11.3. The van der Waals surface area contributed by atoms with Crippen molar-refractivity contribution < 1.29 is 0 Å². The third kappa shape index (κ3) is 4.58. The SMILES string of the molecule is c1ccc(-c2ccc3ccccc3c2)c(-c2ccc(-c3c4ccccc4c(-c4ccc5c(c4)sc4ccccc45)c4ccccc34)cc2)c1. The maximum atomic E-state index is 2.40. The van der Waals surface area contributed by atoms with E-state index in [-0.39, 0.29) is 0 Å². The van der Waals surface area contributed by atoms with Crippen LogP contribution in [0.2, 0.25) is 0 Å². The van der Waals surface area contributed by atoms with Gasteiger partial charge in [0.15, 0.2) is 0 Å². The molecule has 1 heteroatoms. The normalized spacial score (nSPS) is 11.7. The lowest BCUT2D eigenvalue weighted by Crippen LogP contribution is -1.91. The Morgan fingerprint density at radius 3 is 1.43 bits per heavy atom. The molecule has 0 bridgehead atoms. The Morgan fingerprint density at radius 1 is 0.265 bits per heavy atom. The van der Waals surface area contributed by atoms with Crippen molar-refractivity contribution in [1.82, 2.24) is 0 Å². The van der Waals surface area contributed by atoms with Gasteiger partial charge in [0, 0.05) is 20.2 Å².